The van der Waals surface area contributed by atoms with Gasteiger partial charge in [-0.1, -0.05) is 48.5 Å². The fourth-order valence-corrected chi connectivity index (χ4v) is 4.17. The Hall–Kier alpha value is -4.11. The second-order valence-corrected chi connectivity index (χ2v) is 8.07. The van der Waals surface area contributed by atoms with Crippen molar-refractivity contribution in [2.75, 3.05) is 37.4 Å². The summed E-state index contributed by atoms with van der Waals surface area (Å²) < 4.78 is 6.51. The lowest BCUT2D eigenvalue weighted by molar-refractivity contribution is 0.0998. The number of para-hydroxylation sites is 1. The standard InChI is InChI=1S/C25H27N5O4/c1-16-21(18-10-6-7-11-19(18)27-16)20(31)15-29(12-13-34-2)22-23(26)30(25(33)28-24(22)32)14-17-8-4-3-5-9-17/h3-11,27H,12-15,26H2,1-2H3,(H,28,32,33). The van der Waals surface area contributed by atoms with Gasteiger partial charge >= 0.3 is 5.69 Å². The van der Waals surface area contributed by atoms with Gasteiger partial charge in [0.2, 0.25) is 0 Å². The largest absolute Gasteiger partial charge is 0.383 e. The number of nitrogens with two attached hydrogens (primary N) is 1. The molecule has 2 aromatic heterocycles. The van der Waals surface area contributed by atoms with Gasteiger partial charge < -0.3 is 20.4 Å². The summed E-state index contributed by atoms with van der Waals surface area (Å²) in [4.78, 5) is 46.0. The summed E-state index contributed by atoms with van der Waals surface area (Å²) >= 11 is 0. The van der Waals surface area contributed by atoms with Crippen molar-refractivity contribution in [3.8, 4) is 0 Å². The predicted molar refractivity (Wildman–Crippen MR) is 133 cm³/mol. The molecule has 0 saturated heterocycles. The molecule has 4 N–H and O–H groups in total. The number of hydrogen-bond acceptors (Lipinski definition) is 6. The third kappa shape index (κ3) is 4.51. The number of nitrogens with one attached hydrogen (secondary N) is 2. The Kier molecular flexibility index (Phi) is 6.65. The van der Waals surface area contributed by atoms with Crippen LogP contribution in [0.2, 0.25) is 0 Å². The third-order valence-electron chi connectivity index (χ3n) is 5.79. The molecule has 0 aliphatic heterocycles. The summed E-state index contributed by atoms with van der Waals surface area (Å²) in [5.74, 6) is -0.178. The first kappa shape index (κ1) is 23.1. The Bertz CT molecular complexity index is 1440. The lowest BCUT2D eigenvalue weighted by Crippen LogP contribution is -2.41. The number of anilines is 2. The second-order valence-electron chi connectivity index (χ2n) is 8.07. The predicted octanol–water partition coefficient (Wildman–Crippen LogP) is 2.29. The van der Waals surface area contributed by atoms with Gasteiger partial charge in [0.1, 0.15) is 11.5 Å². The number of rotatable bonds is 9. The van der Waals surface area contributed by atoms with E-state index in [0.717, 1.165) is 22.2 Å². The summed E-state index contributed by atoms with van der Waals surface area (Å²) in [6.07, 6.45) is 0. The molecule has 9 nitrogen and oxygen atoms in total. The lowest BCUT2D eigenvalue weighted by Gasteiger charge is -2.25. The molecule has 4 rings (SSSR count). The summed E-state index contributed by atoms with van der Waals surface area (Å²) in [7, 11) is 1.54. The summed E-state index contributed by atoms with van der Waals surface area (Å²) in [5, 5.41) is 0.813. The first-order valence-corrected chi connectivity index (χ1v) is 10.9. The van der Waals surface area contributed by atoms with E-state index in [1.54, 1.807) is 4.90 Å². The number of nitrogen functional groups attached to an aromatic ring is 1. The maximum Gasteiger partial charge on any atom is 0.330 e. The van der Waals surface area contributed by atoms with Gasteiger partial charge in [0.05, 0.1) is 19.7 Å². The molecule has 0 atom stereocenters. The van der Waals surface area contributed by atoms with Gasteiger partial charge in [-0.25, -0.2) is 4.79 Å². The quantitative estimate of drug-likeness (QED) is 0.328. The Balaban J connectivity index is 1.74. The molecule has 0 aliphatic rings. The van der Waals surface area contributed by atoms with Crippen LogP contribution in [-0.2, 0) is 11.3 Å². The minimum absolute atomic E-state index is 0.00263. The number of aromatic nitrogens is 3. The van der Waals surface area contributed by atoms with Crippen LogP contribution in [0, 0.1) is 6.92 Å². The van der Waals surface area contributed by atoms with Crippen molar-refractivity contribution in [2.45, 2.75) is 13.5 Å². The average molecular weight is 462 g/mol. The van der Waals surface area contributed by atoms with Gasteiger partial charge in [-0.15, -0.1) is 0 Å². The maximum absolute atomic E-state index is 13.4. The highest BCUT2D eigenvalue weighted by Crippen LogP contribution is 2.24. The zero-order chi connectivity index (χ0) is 24.2. The van der Waals surface area contributed by atoms with E-state index in [-0.39, 0.29) is 43.5 Å². The molecule has 34 heavy (non-hydrogen) atoms. The Labute approximate surface area is 195 Å². The van der Waals surface area contributed by atoms with E-state index in [4.69, 9.17) is 10.5 Å². The van der Waals surface area contributed by atoms with Crippen LogP contribution in [0.15, 0.2) is 64.2 Å². The van der Waals surface area contributed by atoms with Gasteiger partial charge in [-0.3, -0.25) is 19.1 Å². The average Bonchev–Trinajstić information content (AvgIpc) is 3.16. The second kappa shape index (κ2) is 9.80. The van der Waals surface area contributed by atoms with E-state index >= 15 is 0 Å². The maximum atomic E-state index is 13.4. The molecule has 2 aromatic carbocycles. The minimum Gasteiger partial charge on any atom is -0.383 e. The molecule has 0 amide bonds. The molecule has 0 spiro atoms. The van der Waals surface area contributed by atoms with Crippen molar-refractivity contribution >= 4 is 28.2 Å². The zero-order valence-electron chi connectivity index (χ0n) is 19.1. The van der Waals surface area contributed by atoms with Crippen molar-refractivity contribution in [1.82, 2.24) is 14.5 Å². The van der Waals surface area contributed by atoms with E-state index in [9.17, 15) is 14.4 Å². The monoisotopic (exact) mass is 461 g/mol. The number of H-pyrrole nitrogens is 2. The van der Waals surface area contributed by atoms with Crippen LogP contribution in [0.4, 0.5) is 11.5 Å². The molecule has 0 aliphatic carbocycles. The van der Waals surface area contributed by atoms with Crippen LogP contribution >= 0.6 is 0 Å². The molecular formula is C25H27N5O4. The third-order valence-corrected chi connectivity index (χ3v) is 5.79. The number of methoxy groups -OCH3 is 1. The number of aromatic amines is 2. The van der Waals surface area contributed by atoms with Crippen LogP contribution in [0.25, 0.3) is 10.9 Å². The fourth-order valence-electron chi connectivity index (χ4n) is 4.17. The van der Waals surface area contributed by atoms with Gasteiger partial charge in [0.15, 0.2) is 5.78 Å². The summed E-state index contributed by atoms with van der Waals surface area (Å²) in [6.45, 7) is 2.41. The molecule has 176 valence electrons. The van der Waals surface area contributed by atoms with E-state index in [1.807, 2.05) is 61.5 Å². The van der Waals surface area contributed by atoms with E-state index in [2.05, 4.69) is 9.97 Å². The van der Waals surface area contributed by atoms with Gasteiger partial charge in [-0.2, -0.15) is 0 Å². The molecule has 4 aromatic rings. The highest BCUT2D eigenvalue weighted by atomic mass is 16.5. The van der Waals surface area contributed by atoms with E-state index < -0.39 is 11.2 Å². The van der Waals surface area contributed by atoms with Gasteiger partial charge in [-0.05, 0) is 18.6 Å². The zero-order valence-corrected chi connectivity index (χ0v) is 19.1. The number of benzene rings is 2. The summed E-state index contributed by atoms with van der Waals surface area (Å²) in [6, 6.07) is 16.9. The van der Waals surface area contributed by atoms with Crippen LogP contribution in [0.3, 0.4) is 0 Å². The SMILES string of the molecule is COCCN(CC(=O)c1c(C)[nH]c2ccccc12)c1c(N)n(Cc2ccccc2)c(=O)[nH]c1=O. The van der Waals surface area contributed by atoms with Crippen LogP contribution < -0.4 is 21.9 Å². The molecule has 0 unspecified atom stereocenters. The molecule has 0 saturated carbocycles. The smallest absolute Gasteiger partial charge is 0.330 e. The first-order chi connectivity index (χ1) is 16.4. The topological polar surface area (TPSA) is 126 Å². The first-order valence-electron chi connectivity index (χ1n) is 10.9. The minimum atomic E-state index is -0.647. The van der Waals surface area contributed by atoms with Gasteiger partial charge in [0.25, 0.3) is 5.56 Å². The number of Topliss-reactive ketones (excluding diaryl/α,β-unsaturated/α-hetero) is 1. The highest BCUT2D eigenvalue weighted by Gasteiger charge is 2.24. The van der Waals surface area contributed by atoms with Crippen molar-refractivity contribution in [3.63, 3.8) is 0 Å². The molecule has 0 bridgehead atoms. The molecular weight excluding hydrogens is 434 g/mol. The van der Waals surface area contributed by atoms with Crippen molar-refractivity contribution in [3.05, 3.63) is 92.3 Å². The number of carbonyl (C=O) groups is 1. The number of carbonyl (C=O) groups excluding carboxylic acids is 1. The molecule has 0 radical (unpaired) electrons. The van der Waals surface area contributed by atoms with E-state index in [1.165, 1.54) is 11.7 Å². The van der Waals surface area contributed by atoms with Crippen molar-refractivity contribution in [1.29, 1.82) is 0 Å². The van der Waals surface area contributed by atoms with E-state index in [0.29, 0.717) is 5.56 Å². The lowest BCUT2D eigenvalue weighted by atomic mass is 10.1. The normalized spacial score (nSPS) is 11.1. The summed E-state index contributed by atoms with van der Waals surface area (Å²) in [5.41, 5.74) is 8.19. The molecule has 9 heteroatoms. The number of hydrogen-bond donors (Lipinski definition) is 3. The number of ketones is 1. The molecule has 2 heterocycles. The fraction of sp³-hybridized carbons (Fsp3) is 0.240. The Morgan fingerprint density at radius 3 is 2.50 bits per heavy atom. The van der Waals surface area contributed by atoms with Crippen LogP contribution in [-0.4, -0.2) is 47.1 Å². The van der Waals surface area contributed by atoms with Crippen LogP contribution in [0.5, 0.6) is 0 Å². The van der Waals surface area contributed by atoms with Crippen LogP contribution in [0.1, 0.15) is 21.6 Å². The number of ether oxygens (including phenoxy) is 1. The van der Waals surface area contributed by atoms with Crippen molar-refractivity contribution in [2.24, 2.45) is 0 Å². The number of nitrogens with zero attached hydrogens (tertiary/aromatic N) is 2. The molecule has 0 fully saturated rings. The Morgan fingerprint density at radius 1 is 1.06 bits per heavy atom. The Morgan fingerprint density at radius 2 is 1.76 bits per heavy atom. The van der Waals surface area contributed by atoms with Crippen molar-refractivity contribution < 1.29 is 9.53 Å². The number of aryl methyl sites for hydroxylation is 1. The van der Waals surface area contributed by atoms with Gasteiger partial charge in [0, 0.05) is 35.8 Å². The number of fused-ring (bicyclic) bond motifs is 1. The highest BCUT2D eigenvalue weighted by molar-refractivity contribution is 6.11.